The van der Waals surface area contributed by atoms with E-state index in [1.54, 1.807) is 12.1 Å². The normalized spacial score (nSPS) is 10.6. The number of benzene rings is 1. The molecule has 0 saturated heterocycles. The fourth-order valence-corrected chi connectivity index (χ4v) is 1.95. The van der Waals surface area contributed by atoms with E-state index in [0.29, 0.717) is 18.2 Å². The molecule has 1 aromatic heterocycles. The summed E-state index contributed by atoms with van der Waals surface area (Å²) in [5.41, 5.74) is 6.09. The minimum Gasteiger partial charge on any atom is -0.378 e. The molecule has 2 aromatic rings. The van der Waals surface area contributed by atoms with E-state index < -0.39 is 4.92 Å². The number of aromatic nitrogens is 2. The van der Waals surface area contributed by atoms with Gasteiger partial charge in [-0.2, -0.15) is 9.97 Å². The minimum atomic E-state index is -0.585. The van der Waals surface area contributed by atoms with Gasteiger partial charge in [-0.25, -0.2) is 0 Å². The summed E-state index contributed by atoms with van der Waals surface area (Å²) in [5.74, 6) is 0.697. The van der Waals surface area contributed by atoms with Gasteiger partial charge in [-0.15, -0.1) is 0 Å². The maximum absolute atomic E-state index is 11.2. The fourth-order valence-electron chi connectivity index (χ4n) is 1.95. The second kappa shape index (κ2) is 7.39. The Labute approximate surface area is 134 Å². The van der Waals surface area contributed by atoms with Gasteiger partial charge in [0, 0.05) is 12.2 Å². The van der Waals surface area contributed by atoms with Crippen molar-refractivity contribution in [1.29, 1.82) is 0 Å². The molecule has 1 heterocycles. The van der Waals surface area contributed by atoms with Crippen LogP contribution in [0.4, 0.5) is 29.0 Å². The molecule has 8 heteroatoms. The Kier molecular flexibility index (Phi) is 5.29. The zero-order valence-electron chi connectivity index (χ0n) is 13.1. The minimum absolute atomic E-state index is 0.0701. The predicted octanol–water partition coefficient (Wildman–Crippen LogP) is 3.17. The lowest BCUT2D eigenvalue weighted by atomic mass is 10.1. The van der Waals surface area contributed by atoms with E-state index in [2.05, 4.69) is 34.4 Å². The average Bonchev–Trinajstić information content (AvgIpc) is 2.47. The van der Waals surface area contributed by atoms with E-state index in [-0.39, 0.29) is 23.3 Å². The Morgan fingerprint density at radius 3 is 2.57 bits per heavy atom. The number of nitrogens with one attached hydrogen (secondary N) is 2. The number of hydrogen-bond acceptors (Lipinski definition) is 7. The van der Waals surface area contributed by atoms with Crippen LogP contribution in [-0.4, -0.2) is 21.4 Å². The molecule has 2 rings (SSSR count). The summed E-state index contributed by atoms with van der Waals surface area (Å²) in [6.07, 6.45) is 0.932. The topological polar surface area (TPSA) is 119 Å². The predicted molar refractivity (Wildman–Crippen MR) is 90.8 cm³/mol. The first-order valence-electron chi connectivity index (χ1n) is 7.35. The molecule has 23 heavy (non-hydrogen) atoms. The highest BCUT2D eigenvalue weighted by atomic mass is 16.6. The highest BCUT2D eigenvalue weighted by Gasteiger charge is 2.23. The van der Waals surface area contributed by atoms with Gasteiger partial charge in [0.15, 0.2) is 0 Å². The molecule has 0 spiro atoms. The number of rotatable bonds is 7. The van der Waals surface area contributed by atoms with Gasteiger partial charge in [0.25, 0.3) is 0 Å². The molecular weight excluding hydrogens is 296 g/mol. The lowest BCUT2D eigenvalue weighted by molar-refractivity contribution is -0.383. The van der Waals surface area contributed by atoms with E-state index in [1.165, 1.54) is 0 Å². The second-order valence-electron chi connectivity index (χ2n) is 5.49. The van der Waals surface area contributed by atoms with Crippen molar-refractivity contribution in [2.75, 3.05) is 22.9 Å². The first-order chi connectivity index (χ1) is 11.0. The average molecular weight is 316 g/mol. The van der Waals surface area contributed by atoms with Crippen LogP contribution in [0.2, 0.25) is 0 Å². The monoisotopic (exact) mass is 316 g/mol. The van der Waals surface area contributed by atoms with Crippen LogP contribution in [0.1, 0.15) is 20.3 Å². The third-order valence-corrected chi connectivity index (χ3v) is 3.13. The molecule has 1 aromatic carbocycles. The zero-order chi connectivity index (χ0) is 16.8. The number of nitrogen functional groups attached to an aromatic ring is 1. The van der Waals surface area contributed by atoms with Gasteiger partial charge in [0.1, 0.15) is 0 Å². The van der Waals surface area contributed by atoms with Crippen LogP contribution >= 0.6 is 0 Å². The van der Waals surface area contributed by atoms with Gasteiger partial charge in [-0.3, -0.25) is 10.1 Å². The molecule has 0 bridgehead atoms. The molecular formula is C15H20N6O2. The van der Waals surface area contributed by atoms with Gasteiger partial charge in [0.05, 0.1) is 4.92 Å². The molecule has 0 aliphatic carbocycles. The van der Waals surface area contributed by atoms with Crippen molar-refractivity contribution in [2.45, 2.75) is 20.3 Å². The highest BCUT2D eigenvalue weighted by molar-refractivity contribution is 5.74. The Morgan fingerprint density at radius 2 is 1.96 bits per heavy atom. The molecule has 0 atom stereocenters. The lowest BCUT2D eigenvalue weighted by Gasteiger charge is -2.11. The van der Waals surface area contributed by atoms with Crippen LogP contribution in [0.5, 0.6) is 0 Å². The molecule has 0 aliphatic heterocycles. The molecule has 122 valence electrons. The van der Waals surface area contributed by atoms with Gasteiger partial charge >= 0.3 is 5.69 Å². The van der Waals surface area contributed by atoms with Crippen molar-refractivity contribution in [3.8, 4) is 0 Å². The fraction of sp³-hybridized carbons (Fsp3) is 0.333. The largest absolute Gasteiger partial charge is 0.378 e. The molecule has 4 N–H and O–H groups in total. The molecule has 0 saturated carbocycles. The van der Waals surface area contributed by atoms with Crippen molar-refractivity contribution >= 4 is 29.0 Å². The van der Waals surface area contributed by atoms with Crippen LogP contribution in [0.15, 0.2) is 30.3 Å². The van der Waals surface area contributed by atoms with Crippen molar-refractivity contribution < 1.29 is 4.92 Å². The number of para-hydroxylation sites is 1. The summed E-state index contributed by atoms with van der Waals surface area (Å²) in [4.78, 5) is 18.8. The maximum Gasteiger partial charge on any atom is 0.353 e. The number of nitrogens with two attached hydrogens (primary N) is 1. The van der Waals surface area contributed by atoms with Crippen molar-refractivity contribution in [3.63, 3.8) is 0 Å². The first kappa shape index (κ1) is 16.5. The summed E-state index contributed by atoms with van der Waals surface area (Å²) in [6.45, 7) is 4.88. The summed E-state index contributed by atoms with van der Waals surface area (Å²) < 4.78 is 0. The molecule has 8 nitrogen and oxygen atoms in total. The van der Waals surface area contributed by atoms with Crippen molar-refractivity contribution in [3.05, 3.63) is 40.4 Å². The second-order valence-corrected chi connectivity index (χ2v) is 5.49. The van der Waals surface area contributed by atoms with Crippen molar-refractivity contribution in [2.24, 2.45) is 5.92 Å². The Morgan fingerprint density at radius 1 is 1.26 bits per heavy atom. The smallest absolute Gasteiger partial charge is 0.353 e. The standard InChI is InChI=1S/C15H20N6O2/c1-10(2)8-9-17-15-19-13(16)12(21(22)23)14(20-15)18-11-6-4-3-5-7-11/h3-7,10H,8-9H2,1-2H3,(H4,16,17,18,19,20). The number of anilines is 4. The van der Waals surface area contributed by atoms with E-state index in [0.717, 1.165) is 6.42 Å². The number of nitro groups is 1. The van der Waals surface area contributed by atoms with E-state index in [1.807, 2.05) is 18.2 Å². The van der Waals surface area contributed by atoms with E-state index in [4.69, 9.17) is 5.73 Å². The van der Waals surface area contributed by atoms with Gasteiger partial charge < -0.3 is 16.4 Å². The molecule has 0 fully saturated rings. The van der Waals surface area contributed by atoms with Gasteiger partial charge in [-0.05, 0) is 24.5 Å². The van der Waals surface area contributed by atoms with Crippen LogP contribution in [0.3, 0.4) is 0 Å². The highest BCUT2D eigenvalue weighted by Crippen LogP contribution is 2.31. The van der Waals surface area contributed by atoms with E-state index >= 15 is 0 Å². The van der Waals surface area contributed by atoms with Crippen LogP contribution in [-0.2, 0) is 0 Å². The quantitative estimate of drug-likeness (QED) is 0.530. The Balaban J connectivity index is 2.29. The lowest BCUT2D eigenvalue weighted by Crippen LogP contribution is -2.12. The summed E-state index contributed by atoms with van der Waals surface area (Å²) in [6, 6.07) is 9.07. The third kappa shape index (κ3) is 4.53. The van der Waals surface area contributed by atoms with E-state index in [9.17, 15) is 10.1 Å². The van der Waals surface area contributed by atoms with Crippen LogP contribution in [0.25, 0.3) is 0 Å². The number of hydrogen-bond donors (Lipinski definition) is 3. The number of nitrogens with zero attached hydrogens (tertiary/aromatic N) is 3. The van der Waals surface area contributed by atoms with Crippen LogP contribution in [0, 0.1) is 16.0 Å². The molecule has 0 amide bonds. The summed E-state index contributed by atoms with van der Waals surface area (Å²) >= 11 is 0. The third-order valence-electron chi connectivity index (χ3n) is 3.13. The SMILES string of the molecule is CC(C)CCNc1nc(N)c([N+](=O)[O-])c(Nc2ccccc2)n1. The first-order valence-corrected chi connectivity index (χ1v) is 7.35. The van der Waals surface area contributed by atoms with Gasteiger partial charge in [-0.1, -0.05) is 32.0 Å². The summed E-state index contributed by atoms with van der Waals surface area (Å²) in [5, 5.41) is 17.2. The molecule has 0 radical (unpaired) electrons. The molecule has 0 unspecified atom stereocenters. The Bertz CT molecular complexity index is 675. The Hall–Kier alpha value is -2.90. The molecule has 0 aliphatic rings. The van der Waals surface area contributed by atoms with Crippen LogP contribution < -0.4 is 16.4 Å². The van der Waals surface area contributed by atoms with Crippen molar-refractivity contribution in [1.82, 2.24) is 9.97 Å². The zero-order valence-corrected chi connectivity index (χ0v) is 13.1. The van der Waals surface area contributed by atoms with Gasteiger partial charge in [0.2, 0.25) is 17.6 Å². The maximum atomic E-state index is 11.2. The summed E-state index contributed by atoms with van der Waals surface area (Å²) in [7, 11) is 0.